The molecule has 2 N–H and O–H groups in total. The fourth-order valence-electron chi connectivity index (χ4n) is 2.06. The van der Waals surface area contributed by atoms with Crippen molar-refractivity contribution in [1.82, 2.24) is 20.3 Å². The van der Waals surface area contributed by atoms with Gasteiger partial charge in [-0.1, -0.05) is 6.07 Å². The van der Waals surface area contributed by atoms with Crippen LogP contribution in [-0.2, 0) is 6.54 Å². The number of H-pyrrole nitrogens is 1. The van der Waals surface area contributed by atoms with Crippen molar-refractivity contribution in [2.45, 2.75) is 13.5 Å². The van der Waals surface area contributed by atoms with Crippen LogP contribution in [0.5, 0.6) is 0 Å². The van der Waals surface area contributed by atoms with Crippen LogP contribution < -0.4 is 10.9 Å². The van der Waals surface area contributed by atoms with E-state index in [4.69, 9.17) is 0 Å². The number of nitrogens with one attached hydrogen (secondary N) is 2. The lowest BCUT2D eigenvalue weighted by Crippen LogP contribution is -2.22. The molecule has 6 nitrogen and oxygen atoms in total. The predicted molar refractivity (Wildman–Crippen MR) is 80.4 cm³/mol. The second-order valence-corrected chi connectivity index (χ2v) is 5.51. The van der Waals surface area contributed by atoms with E-state index in [0.29, 0.717) is 27.2 Å². The van der Waals surface area contributed by atoms with Crippen LogP contribution in [-0.4, -0.2) is 20.9 Å². The number of rotatable bonds is 3. The summed E-state index contributed by atoms with van der Waals surface area (Å²) in [6, 6.07) is 3.70. The highest BCUT2D eigenvalue weighted by Gasteiger charge is 2.17. The number of aryl methyl sites for hydroxylation is 1. The van der Waals surface area contributed by atoms with Crippen molar-refractivity contribution in [1.29, 1.82) is 0 Å². The van der Waals surface area contributed by atoms with Gasteiger partial charge in [-0.3, -0.25) is 14.6 Å². The number of aromatic nitrogens is 3. The quantitative estimate of drug-likeness (QED) is 0.769. The van der Waals surface area contributed by atoms with Crippen molar-refractivity contribution < 1.29 is 4.79 Å². The second-order valence-electron chi connectivity index (χ2n) is 4.51. The molecule has 0 spiro atoms. The molecule has 0 saturated carbocycles. The maximum atomic E-state index is 12.3. The van der Waals surface area contributed by atoms with Crippen LogP contribution in [0.1, 0.15) is 20.8 Å². The zero-order valence-corrected chi connectivity index (χ0v) is 12.0. The standard InChI is InChI=1S/C14H12N4O2S/c1-8-10-12(19)17-7-18-14(10)21-11(8)13(20)16-6-9-3-2-4-15-5-9/h2-5,7H,6H2,1H3,(H,16,20)(H,17,18,19). The summed E-state index contributed by atoms with van der Waals surface area (Å²) >= 11 is 1.22. The minimum Gasteiger partial charge on any atom is -0.347 e. The average Bonchev–Trinajstić information content (AvgIpc) is 2.84. The topological polar surface area (TPSA) is 87.7 Å². The van der Waals surface area contributed by atoms with E-state index in [1.165, 1.54) is 17.7 Å². The molecule has 3 heterocycles. The Hall–Kier alpha value is -2.54. The number of amides is 1. The molecule has 0 aliphatic rings. The fraction of sp³-hybridized carbons (Fsp3) is 0.143. The Morgan fingerprint density at radius 1 is 1.48 bits per heavy atom. The van der Waals surface area contributed by atoms with Crippen molar-refractivity contribution >= 4 is 27.5 Å². The molecule has 3 rings (SSSR count). The van der Waals surface area contributed by atoms with Crippen LogP contribution in [0.4, 0.5) is 0 Å². The summed E-state index contributed by atoms with van der Waals surface area (Å²) < 4.78 is 0. The minimum absolute atomic E-state index is 0.209. The second kappa shape index (κ2) is 5.45. The number of hydrogen-bond acceptors (Lipinski definition) is 5. The van der Waals surface area contributed by atoms with E-state index in [2.05, 4.69) is 20.3 Å². The molecule has 0 unspecified atom stereocenters. The molecular formula is C14H12N4O2S. The molecule has 3 aromatic rings. The van der Waals surface area contributed by atoms with E-state index in [9.17, 15) is 9.59 Å². The molecule has 1 amide bonds. The summed E-state index contributed by atoms with van der Waals surface area (Å²) in [4.78, 5) is 35.7. The van der Waals surface area contributed by atoms with Gasteiger partial charge in [0.2, 0.25) is 0 Å². The van der Waals surface area contributed by atoms with Crippen LogP contribution >= 0.6 is 11.3 Å². The highest BCUT2D eigenvalue weighted by molar-refractivity contribution is 7.20. The number of carbonyl (C=O) groups is 1. The molecule has 0 saturated heterocycles. The minimum atomic E-state index is -0.222. The molecule has 0 fully saturated rings. The largest absolute Gasteiger partial charge is 0.347 e. The van der Waals surface area contributed by atoms with Gasteiger partial charge in [0.25, 0.3) is 11.5 Å². The zero-order chi connectivity index (χ0) is 14.8. The molecule has 0 aromatic carbocycles. The number of nitrogens with zero attached hydrogens (tertiary/aromatic N) is 2. The van der Waals surface area contributed by atoms with Gasteiger partial charge in [0.1, 0.15) is 4.83 Å². The van der Waals surface area contributed by atoms with Crippen molar-refractivity contribution in [3.63, 3.8) is 0 Å². The monoisotopic (exact) mass is 300 g/mol. The molecule has 0 radical (unpaired) electrons. The summed E-state index contributed by atoms with van der Waals surface area (Å²) in [5.41, 5.74) is 1.36. The molecule has 0 aliphatic carbocycles. The summed E-state index contributed by atoms with van der Waals surface area (Å²) in [5.74, 6) is -0.209. The number of pyridine rings is 1. The number of fused-ring (bicyclic) bond motifs is 1. The van der Waals surface area contributed by atoms with Crippen molar-refractivity contribution in [3.8, 4) is 0 Å². The Labute approximate surface area is 123 Å². The Kier molecular flexibility index (Phi) is 3.49. The van der Waals surface area contributed by atoms with Gasteiger partial charge in [0.15, 0.2) is 0 Å². The fourth-order valence-corrected chi connectivity index (χ4v) is 3.13. The normalized spacial score (nSPS) is 10.7. The molecule has 0 bridgehead atoms. The van der Waals surface area contributed by atoms with Crippen LogP contribution in [0.25, 0.3) is 10.2 Å². The van der Waals surface area contributed by atoms with Gasteiger partial charge in [-0.2, -0.15) is 0 Å². The first-order valence-corrected chi connectivity index (χ1v) is 7.12. The number of hydrogen-bond donors (Lipinski definition) is 2. The third-order valence-electron chi connectivity index (χ3n) is 3.11. The Bertz CT molecular complexity index is 854. The molecule has 7 heteroatoms. The number of thiophene rings is 1. The van der Waals surface area contributed by atoms with E-state index >= 15 is 0 Å². The van der Waals surface area contributed by atoms with Crippen molar-refractivity contribution in [2.75, 3.05) is 0 Å². The van der Waals surface area contributed by atoms with E-state index in [1.807, 2.05) is 12.1 Å². The van der Waals surface area contributed by atoms with Gasteiger partial charge in [-0.05, 0) is 24.1 Å². The van der Waals surface area contributed by atoms with E-state index in [1.54, 1.807) is 19.3 Å². The molecule has 3 aromatic heterocycles. The van der Waals surface area contributed by atoms with E-state index in [0.717, 1.165) is 5.56 Å². The Morgan fingerprint density at radius 3 is 3.05 bits per heavy atom. The highest BCUT2D eigenvalue weighted by Crippen LogP contribution is 2.26. The van der Waals surface area contributed by atoms with Gasteiger partial charge < -0.3 is 10.3 Å². The average molecular weight is 300 g/mol. The molecule has 0 aliphatic heterocycles. The van der Waals surface area contributed by atoms with Crippen LogP contribution in [0.15, 0.2) is 35.6 Å². The van der Waals surface area contributed by atoms with Crippen LogP contribution in [0, 0.1) is 6.92 Å². The summed E-state index contributed by atoms with van der Waals surface area (Å²) in [6.45, 7) is 2.15. The molecule has 0 atom stereocenters. The smallest absolute Gasteiger partial charge is 0.261 e. The first kappa shape index (κ1) is 13.4. The third-order valence-corrected chi connectivity index (χ3v) is 4.31. The summed E-state index contributed by atoms with van der Waals surface area (Å²) in [6.07, 6.45) is 4.72. The van der Waals surface area contributed by atoms with E-state index in [-0.39, 0.29) is 11.5 Å². The number of aromatic amines is 1. The summed E-state index contributed by atoms with van der Waals surface area (Å²) in [5, 5.41) is 3.31. The maximum Gasteiger partial charge on any atom is 0.261 e. The van der Waals surface area contributed by atoms with Gasteiger partial charge in [0, 0.05) is 18.9 Å². The van der Waals surface area contributed by atoms with Crippen LogP contribution in [0.2, 0.25) is 0 Å². The van der Waals surface area contributed by atoms with Gasteiger partial charge in [-0.25, -0.2) is 4.98 Å². The first-order chi connectivity index (χ1) is 10.2. The highest BCUT2D eigenvalue weighted by atomic mass is 32.1. The summed E-state index contributed by atoms with van der Waals surface area (Å²) in [7, 11) is 0. The first-order valence-electron chi connectivity index (χ1n) is 6.30. The van der Waals surface area contributed by atoms with Crippen molar-refractivity contribution in [3.05, 3.63) is 57.2 Å². The molecule has 106 valence electrons. The number of carbonyl (C=O) groups excluding carboxylic acids is 1. The maximum absolute atomic E-state index is 12.3. The molecule has 21 heavy (non-hydrogen) atoms. The lowest BCUT2D eigenvalue weighted by Gasteiger charge is -2.03. The lowest BCUT2D eigenvalue weighted by atomic mass is 10.2. The third kappa shape index (κ3) is 2.55. The lowest BCUT2D eigenvalue weighted by molar-refractivity contribution is 0.0954. The SMILES string of the molecule is Cc1c(C(=O)NCc2cccnc2)sc2nc[nH]c(=O)c12. The van der Waals surface area contributed by atoms with Gasteiger partial charge in [0.05, 0.1) is 16.6 Å². The van der Waals surface area contributed by atoms with Crippen LogP contribution in [0.3, 0.4) is 0 Å². The molecular weight excluding hydrogens is 288 g/mol. The van der Waals surface area contributed by atoms with Gasteiger partial charge in [-0.15, -0.1) is 11.3 Å². The van der Waals surface area contributed by atoms with E-state index < -0.39 is 0 Å². The van der Waals surface area contributed by atoms with Crippen molar-refractivity contribution in [2.24, 2.45) is 0 Å². The zero-order valence-electron chi connectivity index (χ0n) is 11.2. The van der Waals surface area contributed by atoms with Gasteiger partial charge >= 0.3 is 0 Å². The Morgan fingerprint density at radius 2 is 2.33 bits per heavy atom. The predicted octanol–water partition coefficient (Wildman–Crippen LogP) is 1.62. The Balaban J connectivity index is 1.87.